The van der Waals surface area contributed by atoms with Crippen LogP contribution in [0.2, 0.25) is 5.02 Å². The molecule has 2 aromatic rings. The van der Waals surface area contributed by atoms with E-state index in [0.717, 1.165) is 34.7 Å². The molecule has 0 radical (unpaired) electrons. The SMILES string of the molecule is CCOc1ccc(Cc2cc(C3OC(CC)C(O)C(C)C3C)ccc2Cl)cc1. The van der Waals surface area contributed by atoms with Gasteiger partial charge in [-0.1, -0.05) is 56.6 Å². The predicted molar refractivity (Wildman–Crippen MR) is 114 cm³/mol. The number of aliphatic hydroxyl groups excluding tert-OH is 1. The summed E-state index contributed by atoms with van der Waals surface area (Å²) in [7, 11) is 0. The van der Waals surface area contributed by atoms with Gasteiger partial charge in [-0.15, -0.1) is 0 Å². The summed E-state index contributed by atoms with van der Waals surface area (Å²) in [4.78, 5) is 0. The van der Waals surface area contributed by atoms with Gasteiger partial charge in [0, 0.05) is 5.02 Å². The Kier molecular flexibility index (Phi) is 7.03. The standard InChI is InChI=1S/C24H31ClO3/c1-5-22-23(26)15(3)16(4)24(28-22)18-9-12-21(25)19(14-18)13-17-7-10-20(11-8-17)27-6-2/h7-12,14-16,22-24,26H,5-6,13H2,1-4H3. The van der Waals surface area contributed by atoms with E-state index < -0.39 is 6.10 Å². The third-order valence-corrected chi connectivity index (χ3v) is 6.35. The van der Waals surface area contributed by atoms with Gasteiger partial charge < -0.3 is 14.6 Å². The van der Waals surface area contributed by atoms with Crippen LogP contribution in [0.25, 0.3) is 0 Å². The molecule has 1 N–H and O–H groups in total. The van der Waals surface area contributed by atoms with Crippen LogP contribution in [0.4, 0.5) is 0 Å². The molecule has 0 bridgehead atoms. The van der Waals surface area contributed by atoms with Crippen molar-refractivity contribution in [2.45, 2.75) is 58.8 Å². The molecule has 0 amide bonds. The number of rotatable bonds is 6. The second-order valence-electron chi connectivity index (χ2n) is 7.82. The molecule has 0 saturated carbocycles. The molecule has 3 rings (SSSR count). The molecule has 0 spiro atoms. The largest absolute Gasteiger partial charge is 0.494 e. The van der Waals surface area contributed by atoms with Crippen molar-refractivity contribution in [3.05, 3.63) is 64.2 Å². The van der Waals surface area contributed by atoms with Crippen LogP contribution < -0.4 is 4.74 Å². The Morgan fingerprint density at radius 2 is 1.75 bits per heavy atom. The number of hydrogen-bond donors (Lipinski definition) is 1. The van der Waals surface area contributed by atoms with Crippen LogP contribution in [0.3, 0.4) is 0 Å². The molecule has 152 valence electrons. The van der Waals surface area contributed by atoms with Crippen molar-refractivity contribution < 1.29 is 14.6 Å². The molecule has 3 nitrogen and oxygen atoms in total. The number of aliphatic hydroxyl groups is 1. The van der Waals surface area contributed by atoms with Crippen LogP contribution in [0, 0.1) is 11.8 Å². The van der Waals surface area contributed by atoms with Crippen molar-refractivity contribution in [2.24, 2.45) is 11.8 Å². The van der Waals surface area contributed by atoms with E-state index in [4.69, 9.17) is 21.1 Å². The second-order valence-corrected chi connectivity index (χ2v) is 8.22. The second kappa shape index (κ2) is 9.30. The highest BCUT2D eigenvalue weighted by Gasteiger charge is 2.40. The van der Waals surface area contributed by atoms with Gasteiger partial charge in [-0.25, -0.2) is 0 Å². The molecule has 1 heterocycles. The molecule has 28 heavy (non-hydrogen) atoms. The molecular weight excluding hydrogens is 372 g/mol. The summed E-state index contributed by atoms with van der Waals surface area (Å²) < 4.78 is 11.8. The third kappa shape index (κ3) is 4.53. The van der Waals surface area contributed by atoms with Crippen molar-refractivity contribution in [1.82, 2.24) is 0 Å². The van der Waals surface area contributed by atoms with Crippen LogP contribution in [0.1, 0.15) is 56.9 Å². The molecule has 2 aromatic carbocycles. The van der Waals surface area contributed by atoms with Gasteiger partial charge in [-0.05, 0) is 66.5 Å². The first-order chi connectivity index (χ1) is 13.4. The van der Waals surface area contributed by atoms with E-state index in [1.165, 1.54) is 5.56 Å². The van der Waals surface area contributed by atoms with Gasteiger partial charge in [0.25, 0.3) is 0 Å². The minimum Gasteiger partial charge on any atom is -0.494 e. The number of hydrogen-bond acceptors (Lipinski definition) is 3. The zero-order valence-electron chi connectivity index (χ0n) is 17.2. The highest BCUT2D eigenvalue weighted by Crippen LogP contribution is 2.41. The molecule has 5 atom stereocenters. The molecule has 4 heteroatoms. The maximum Gasteiger partial charge on any atom is 0.119 e. The van der Waals surface area contributed by atoms with Crippen molar-refractivity contribution in [3.8, 4) is 5.75 Å². The fraction of sp³-hybridized carbons (Fsp3) is 0.500. The zero-order valence-corrected chi connectivity index (χ0v) is 17.9. The summed E-state index contributed by atoms with van der Waals surface area (Å²) in [6.07, 6.45) is 1.00. The lowest BCUT2D eigenvalue weighted by Crippen LogP contribution is -2.45. The van der Waals surface area contributed by atoms with E-state index in [9.17, 15) is 5.11 Å². The number of benzene rings is 2. The summed E-state index contributed by atoms with van der Waals surface area (Å²) in [6, 6.07) is 14.3. The van der Waals surface area contributed by atoms with Crippen molar-refractivity contribution in [2.75, 3.05) is 6.61 Å². The number of ether oxygens (including phenoxy) is 2. The lowest BCUT2D eigenvalue weighted by molar-refractivity contribution is -0.171. The summed E-state index contributed by atoms with van der Waals surface area (Å²) in [6.45, 7) is 8.98. The molecule has 1 aliphatic rings. The highest BCUT2D eigenvalue weighted by atomic mass is 35.5. The number of halogens is 1. The Morgan fingerprint density at radius 1 is 1.04 bits per heavy atom. The monoisotopic (exact) mass is 402 g/mol. The van der Waals surface area contributed by atoms with Gasteiger partial charge in [-0.2, -0.15) is 0 Å². The molecule has 1 fully saturated rings. The highest BCUT2D eigenvalue weighted by molar-refractivity contribution is 6.31. The Balaban J connectivity index is 1.82. The van der Waals surface area contributed by atoms with Gasteiger partial charge in [-0.3, -0.25) is 0 Å². The van der Waals surface area contributed by atoms with E-state index in [1.807, 2.05) is 25.1 Å². The molecule has 1 saturated heterocycles. The third-order valence-electron chi connectivity index (χ3n) is 5.98. The Morgan fingerprint density at radius 3 is 2.39 bits per heavy atom. The van der Waals surface area contributed by atoms with E-state index in [2.05, 4.69) is 45.0 Å². The fourth-order valence-electron chi connectivity index (χ4n) is 4.04. The summed E-state index contributed by atoms with van der Waals surface area (Å²) in [5.41, 5.74) is 3.41. The van der Waals surface area contributed by atoms with Crippen LogP contribution in [0.15, 0.2) is 42.5 Å². The Bertz CT molecular complexity index is 772. The van der Waals surface area contributed by atoms with Crippen LogP contribution in [-0.2, 0) is 11.2 Å². The normalized spacial score (nSPS) is 27.6. The first-order valence-corrected chi connectivity index (χ1v) is 10.7. The lowest BCUT2D eigenvalue weighted by Gasteiger charge is -2.43. The minimum atomic E-state index is -0.410. The molecule has 1 aliphatic heterocycles. The fourth-order valence-corrected chi connectivity index (χ4v) is 4.22. The molecule has 0 aliphatic carbocycles. The maximum atomic E-state index is 10.5. The molecule has 5 unspecified atom stereocenters. The first-order valence-electron chi connectivity index (χ1n) is 10.3. The quantitative estimate of drug-likeness (QED) is 0.662. The van der Waals surface area contributed by atoms with Crippen LogP contribution >= 0.6 is 11.6 Å². The van der Waals surface area contributed by atoms with E-state index >= 15 is 0 Å². The lowest BCUT2D eigenvalue weighted by atomic mass is 9.78. The average Bonchev–Trinajstić information content (AvgIpc) is 2.70. The zero-order chi connectivity index (χ0) is 20.3. The summed E-state index contributed by atoms with van der Waals surface area (Å²) in [5, 5.41) is 11.2. The van der Waals surface area contributed by atoms with Gasteiger partial charge in [0.1, 0.15) is 5.75 Å². The van der Waals surface area contributed by atoms with Gasteiger partial charge in [0.15, 0.2) is 0 Å². The summed E-state index contributed by atoms with van der Waals surface area (Å²) >= 11 is 6.50. The predicted octanol–water partition coefficient (Wildman–Crippen LogP) is 5.81. The topological polar surface area (TPSA) is 38.7 Å². The van der Waals surface area contributed by atoms with E-state index in [1.54, 1.807) is 0 Å². The Hall–Kier alpha value is -1.55. The first kappa shape index (κ1) is 21.2. The van der Waals surface area contributed by atoms with Gasteiger partial charge in [0.05, 0.1) is 24.9 Å². The Labute approximate surface area is 173 Å². The van der Waals surface area contributed by atoms with Crippen LogP contribution in [0.5, 0.6) is 5.75 Å². The summed E-state index contributed by atoms with van der Waals surface area (Å²) in [5.74, 6) is 1.31. The maximum absolute atomic E-state index is 10.5. The van der Waals surface area contributed by atoms with Gasteiger partial charge in [0.2, 0.25) is 0 Å². The van der Waals surface area contributed by atoms with Gasteiger partial charge >= 0.3 is 0 Å². The van der Waals surface area contributed by atoms with E-state index in [0.29, 0.717) is 6.61 Å². The van der Waals surface area contributed by atoms with E-state index in [-0.39, 0.29) is 24.0 Å². The molecule has 0 aromatic heterocycles. The van der Waals surface area contributed by atoms with Crippen molar-refractivity contribution in [1.29, 1.82) is 0 Å². The minimum absolute atomic E-state index is 0.0281. The van der Waals surface area contributed by atoms with Crippen molar-refractivity contribution in [3.63, 3.8) is 0 Å². The average molecular weight is 403 g/mol. The molecular formula is C24H31ClO3. The van der Waals surface area contributed by atoms with Crippen LogP contribution in [-0.4, -0.2) is 23.9 Å². The smallest absolute Gasteiger partial charge is 0.119 e. The van der Waals surface area contributed by atoms with Crippen molar-refractivity contribution >= 4 is 11.6 Å².